The van der Waals surface area contributed by atoms with Crippen LogP contribution in [0.3, 0.4) is 0 Å². The predicted molar refractivity (Wildman–Crippen MR) is 126 cm³/mol. The smallest absolute Gasteiger partial charge is 0.349 e. The Morgan fingerprint density at radius 1 is 1.26 bits per heavy atom. The molecule has 0 fully saturated rings. The van der Waals surface area contributed by atoms with Gasteiger partial charge in [-0.1, -0.05) is 30.1 Å². The molecule has 0 radical (unpaired) electrons. The number of nitriles is 1. The van der Waals surface area contributed by atoms with Crippen molar-refractivity contribution in [1.29, 1.82) is 5.26 Å². The van der Waals surface area contributed by atoms with Crippen LogP contribution in [0.1, 0.15) is 35.4 Å². The molecule has 35 heavy (non-hydrogen) atoms. The molecule has 0 aliphatic carbocycles. The van der Waals surface area contributed by atoms with E-state index in [0.717, 1.165) is 21.3 Å². The highest BCUT2D eigenvalue weighted by atomic mass is 35.5. The second kappa shape index (κ2) is 8.53. The van der Waals surface area contributed by atoms with Crippen LogP contribution in [-0.2, 0) is 11.3 Å². The van der Waals surface area contributed by atoms with Crippen molar-refractivity contribution in [3.8, 4) is 23.3 Å². The van der Waals surface area contributed by atoms with Gasteiger partial charge in [-0.15, -0.1) is 5.10 Å². The van der Waals surface area contributed by atoms with Crippen molar-refractivity contribution in [1.82, 2.24) is 19.7 Å². The molecule has 4 aromatic rings. The first-order valence-electron chi connectivity index (χ1n) is 10.4. The van der Waals surface area contributed by atoms with E-state index in [0.29, 0.717) is 24.3 Å². The molecule has 1 unspecified atom stereocenters. The molecular formula is C23H16Cl2FN5O4. The highest BCUT2D eigenvalue weighted by molar-refractivity contribution is 6.37. The topological polar surface area (TPSA) is 126 Å². The summed E-state index contributed by atoms with van der Waals surface area (Å²) in [7, 11) is 0. The van der Waals surface area contributed by atoms with Crippen LogP contribution >= 0.6 is 23.2 Å². The normalized spacial score (nSPS) is 15.1. The quantitative estimate of drug-likeness (QED) is 0.415. The van der Waals surface area contributed by atoms with Gasteiger partial charge >= 0.3 is 5.69 Å². The SMILES string of the molecule is Cc1c(Oc2c(Cl)cc(-n3nc(C#N)c(=O)[nH]c3=O)cc2Cl)cc(F)c2[nH]c3c(c12)C(C)COC3. The summed E-state index contributed by atoms with van der Waals surface area (Å²) in [6, 6.07) is 5.52. The maximum atomic E-state index is 15.1. The van der Waals surface area contributed by atoms with Crippen molar-refractivity contribution in [2.24, 2.45) is 0 Å². The van der Waals surface area contributed by atoms with E-state index in [1.165, 1.54) is 18.2 Å². The summed E-state index contributed by atoms with van der Waals surface area (Å²) in [6.45, 7) is 4.72. The van der Waals surface area contributed by atoms with Crippen molar-refractivity contribution in [2.75, 3.05) is 6.61 Å². The van der Waals surface area contributed by atoms with Crippen LogP contribution in [0.4, 0.5) is 4.39 Å². The van der Waals surface area contributed by atoms with Crippen molar-refractivity contribution >= 4 is 34.1 Å². The number of ether oxygens (including phenoxy) is 2. The maximum absolute atomic E-state index is 15.1. The first-order chi connectivity index (χ1) is 16.7. The van der Waals surface area contributed by atoms with Crippen molar-refractivity contribution in [3.05, 3.63) is 77.4 Å². The molecule has 1 aliphatic heterocycles. The minimum absolute atomic E-state index is 0.00341. The predicted octanol–water partition coefficient (Wildman–Crippen LogP) is 4.45. The van der Waals surface area contributed by atoms with Crippen LogP contribution in [0.15, 0.2) is 27.8 Å². The average molecular weight is 516 g/mol. The summed E-state index contributed by atoms with van der Waals surface area (Å²) in [6.07, 6.45) is 0. The molecule has 2 aromatic carbocycles. The second-order valence-corrected chi connectivity index (χ2v) is 8.95. The third-order valence-electron chi connectivity index (χ3n) is 5.84. The lowest BCUT2D eigenvalue weighted by Gasteiger charge is -2.20. The van der Waals surface area contributed by atoms with Crippen molar-refractivity contribution in [2.45, 2.75) is 26.4 Å². The number of aromatic amines is 2. The fourth-order valence-electron chi connectivity index (χ4n) is 4.26. The van der Waals surface area contributed by atoms with Crippen LogP contribution in [-0.4, -0.2) is 26.4 Å². The molecule has 12 heteroatoms. The summed E-state index contributed by atoms with van der Waals surface area (Å²) in [5.74, 6) is -0.177. The molecule has 3 heterocycles. The number of rotatable bonds is 3. The van der Waals surface area contributed by atoms with Gasteiger partial charge in [0.25, 0.3) is 5.56 Å². The standard InChI is InChI=1S/C23H16Cl2FN5O4/c1-9-7-34-8-16-18(9)19-10(2)17(5-14(26)20(19)28-16)35-21-12(24)3-11(4-13(21)25)31-23(33)29-22(32)15(6-27)30-31/h3-5,9,28H,7-8H2,1-2H3,(H,29,32,33). The molecule has 0 bridgehead atoms. The highest BCUT2D eigenvalue weighted by Crippen LogP contribution is 2.43. The lowest BCUT2D eigenvalue weighted by molar-refractivity contribution is 0.0934. The first-order valence-corrected chi connectivity index (χ1v) is 11.2. The van der Waals surface area contributed by atoms with Gasteiger partial charge in [0.2, 0.25) is 5.69 Å². The summed E-state index contributed by atoms with van der Waals surface area (Å²) in [5, 5.41) is 13.5. The monoisotopic (exact) mass is 515 g/mol. The third-order valence-corrected chi connectivity index (χ3v) is 6.40. The second-order valence-electron chi connectivity index (χ2n) is 8.14. The molecule has 5 rings (SSSR count). The van der Waals surface area contributed by atoms with Crippen LogP contribution in [0.5, 0.6) is 11.5 Å². The van der Waals surface area contributed by atoms with E-state index >= 15 is 4.39 Å². The highest BCUT2D eigenvalue weighted by Gasteiger charge is 2.26. The van der Waals surface area contributed by atoms with E-state index in [1.54, 1.807) is 6.07 Å². The number of nitrogens with one attached hydrogen (secondary N) is 2. The molecule has 0 amide bonds. The molecule has 178 valence electrons. The van der Waals surface area contributed by atoms with Crippen molar-refractivity contribution < 1.29 is 13.9 Å². The van der Waals surface area contributed by atoms with Gasteiger partial charge in [-0.05, 0) is 24.6 Å². The fraction of sp³-hybridized carbons (Fsp3) is 0.217. The molecule has 2 aromatic heterocycles. The van der Waals surface area contributed by atoms with Gasteiger partial charge in [0.05, 0.1) is 34.5 Å². The van der Waals surface area contributed by atoms with Crippen LogP contribution in [0.2, 0.25) is 10.0 Å². The van der Waals surface area contributed by atoms with Gasteiger partial charge in [0, 0.05) is 28.6 Å². The number of hydrogen-bond acceptors (Lipinski definition) is 6. The van der Waals surface area contributed by atoms with Crippen LogP contribution < -0.4 is 16.0 Å². The Morgan fingerprint density at radius 3 is 2.66 bits per heavy atom. The van der Waals surface area contributed by atoms with Gasteiger partial charge in [-0.2, -0.15) is 9.94 Å². The lowest BCUT2D eigenvalue weighted by atomic mass is 9.94. The molecule has 0 saturated carbocycles. The Hall–Kier alpha value is -3.65. The zero-order valence-corrected chi connectivity index (χ0v) is 19.8. The molecule has 9 nitrogen and oxygen atoms in total. The number of H-pyrrole nitrogens is 2. The Bertz CT molecular complexity index is 1660. The van der Waals surface area contributed by atoms with E-state index in [-0.39, 0.29) is 33.1 Å². The van der Waals surface area contributed by atoms with E-state index in [2.05, 4.69) is 10.1 Å². The summed E-state index contributed by atoms with van der Waals surface area (Å²) in [4.78, 5) is 28.9. The van der Waals surface area contributed by atoms with E-state index in [9.17, 15) is 9.59 Å². The van der Waals surface area contributed by atoms with Gasteiger partial charge in [-0.25, -0.2) is 9.18 Å². The Kier molecular flexibility index (Phi) is 5.63. The molecule has 0 spiro atoms. The zero-order valence-electron chi connectivity index (χ0n) is 18.3. The Labute approximate surface area is 206 Å². The molecule has 1 atom stereocenters. The van der Waals surface area contributed by atoms with E-state index in [4.69, 9.17) is 37.9 Å². The summed E-state index contributed by atoms with van der Waals surface area (Å²) < 4.78 is 27.4. The van der Waals surface area contributed by atoms with Crippen molar-refractivity contribution in [3.63, 3.8) is 0 Å². The Morgan fingerprint density at radius 2 is 1.97 bits per heavy atom. The van der Waals surface area contributed by atoms with Gasteiger partial charge in [0.1, 0.15) is 11.8 Å². The van der Waals surface area contributed by atoms with Gasteiger partial charge < -0.3 is 14.5 Å². The van der Waals surface area contributed by atoms with E-state index < -0.39 is 22.8 Å². The fourth-order valence-corrected chi connectivity index (χ4v) is 4.82. The zero-order chi connectivity index (χ0) is 25.0. The number of aromatic nitrogens is 4. The van der Waals surface area contributed by atoms with Crippen LogP contribution in [0, 0.1) is 24.1 Å². The minimum Gasteiger partial charge on any atom is -0.454 e. The van der Waals surface area contributed by atoms with Crippen LogP contribution in [0.25, 0.3) is 16.6 Å². The summed E-state index contributed by atoms with van der Waals surface area (Å²) in [5.41, 5.74) is 0.678. The lowest BCUT2D eigenvalue weighted by Crippen LogP contribution is -2.33. The number of nitrogens with zero attached hydrogens (tertiary/aromatic N) is 3. The third kappa shape index (κ3) is 3.78. The number of hydrogen-bond donors (Lipinski definition) is 2. The number of halogens is 3. The maximum Gasteiger partial charge on any atom is 0.349 e. The first kappa shape index (κ1) is 23.1. The van der Waals surface area contributed by atoms with Gasteiger partial charge in [0.15, 0.2) is 11.6 Å². The number of fused-ring (bicyclic) bond motifs is 3. The summed E-state index contributed by atoms with van der Waals surface area (Å²) >= 11 is 12.8. The Balaban J connectivity index is 1.60. The number of aryl methyl sites for hydroxylation is 1. The average Bonchev–Trinajstić information content (AvgIpc) is 3.21. The van der Waals surface area contributed by atoms with E-state index in [1.807, 2.05) is 18.8 Å². The largest absolute Gasteiger partial charge is 0.454 e. The molecule has 0 saturated heterocycles. The minimum atomic E-state index is -0.911. The molecule has 1 aliphatic rings. The molecular weight excluding hydrogens is 500 g/mol. The number of benzene rings is 2. The molecule has 2 N–H and O–H groups in total. The van der Waals surface area contributed by atoms with Gasteiger partial charge in [-0.3, -0.25) is 9.78 Å².